The van der Waals surface area contributed by atoms with E-state index in [2.05, 4.69) is 21.9 Å². The Morgan fingerprint density at radius 1 is 1.56 bits per heavy atom. The van der Waals surface area contributed by atoms with Gasteiger partial charge in [0.25, 0.3) is 5.88 Å². The van der Waals surface area contributed by atoms with Crippen LogP contribution in [0.15, 0.2) is 6.20 Å². The van der Waals surface area contributed by atoms with Gasteiger partial charge in [-0.1, -0.05) is 0 Å². The van der Waals surface area contributed by atoms with Crippen LogP contribution in [0.1, 0.15) is 18.5 Å². The van der Waals surface area contributed by atoms with Gasteiger partial charge >= 0.3 is 0 Å². The number of nitrogens with two attached hydrogens (primary N) is 1. The third-order valence-electron chi connectivity index (χ3n) is 3.16. The van der Waals surface area contributed by atoms with Crippen LogP contribution in [0.4, 0.5) is 5.82 Å². The second-order valence-corrected chi connectivity index (χ2v) is 4.62. The first-order valence-electron chi connectivity index (χ1n) is 6.03. The standard InChI is InChI=1S/C12H17N5O/c1-17-4-2-9(3-5-17)8-18-12-10(6-13)15-7-11(14)16-12/h7,9H,2-5,8H2,1H3,(H2,14,16). The predicted octanol–water partition coefficient (Wildman–Crippen LogP) is 0.651. The molecule has 0 radical (unpaired) electrons. The van der Waals surface area contributed by atoms with Crippen molar-refractivity contribution < 1.29 is 4.74 Å². The van der Waals surface area contributed by atoms with Crippen molar-refractivity contribution >= 4 is 5.82 Å². The van der Waals surface area contributed by atoms with Crippen molar-refractivity contribution in [2.45, 2.75) is 12.8 Å². The molecule has 18 heavy (non-hydrogen) atoms. The van der Waals surface area contributed by atoms with E-state index in [4.69, 9.17) is 15.7 Å². The van der Waals surface area contributed by atoms with E-state index >= 15 is 0 Å². The Kier molecular flexibility index (Phi) is 3.95. The number of nitrogen functional groups attached to an aromatic ring is 1. The van der Waals surface area contributed by atoms with Crippen LogP contribution >= 0.6 is 0 Å². The van der Waals surface area contributed by atoms with Crippen molar-refractivity contribution in [3.05, 3.63) is 11.9 Å². The number of hydrogen-bond acceptors (Lipinski definition) is 6. The zero-order valence-corrected chi connectivity index (χ0v) is 10.5. The van der Waals surface area contributed by atoms with Crippen LogP contribution in [0, 0.1) is 17.2 Å². The summed E-state index contributed by atoms with van der Waals surface area (Å²) in [6, 6.07) is 1.96. The Hall–Kier alpha value is -1.87. The lowest BCUT2D eigenvalue weighted by Crippen LogP contribution is -2.32. The SMILES string of the molecule is CN1CCC(COc2nc(N)cnc2C#N)CC1. The zero-order chi connectivity index (χ0) is 13.0. The average molecular weight is 247 g/mol. The van der Waals surface area contributed by atoms with Crippen LogP contribution in [0.3, 0.4) is 0 Å². The number of hydrogen-bond donors (Lipinski definition) is 1. The molecule has 6 heteroatoms. The molecule has 1 saturated heterocycles. The summed E-state index contributed by atoms with van der Waals surface area (Å²) in [5.74, 6) is 1.03. The molecule has 0 atom stereocenters. The van der Waals surface area contributed by atoms with Crippen LogP contribution in [0.2, 0.25) is 0 Å². The van der Waals surface area contributed by atoms with Crippen LogP contribution in [0.5, 0.6) is 5.88 Å². The summed E-state index contributed by atoms with van der Waals surface area (Å²) >= 11 is 0. The molecule has 2 rings (SSSR count). The number of anilines is 1. The Bertz CT molecular complexity index is 448. The third-order valence-corrected chi connectivity index (χ3v) is 3.16. The third kappa shape index (κ3) is 3.08. The van der Waals surface area contributed by atoms with Crippen molar-refractivity contribution in [3.8, 4) is 11.9 Å². The lowest BCUT2D eigenvalue weighted by Gasteiger charge is -2.28. The van der Waals surface area contributed by atoms with E-state index in [1.807, 2.05) is 6.07 Å². The maximum Gasteiger partial charge on any atom is 0.253 e. The van der Waals surface area contributed by atoms with E-state index in [9.17, 15) is 0 Å². The summed E-state index contributed by atoms with van der Waals surface area (Å²) < 4.78 is 5.59. The van der Waals surface area contributed by atoms with Gasteiger partial charge in [0, 0.05) is 0 Å². The van der Waals surface area contributed by atoms with Gasteiger partial charge in [0.05, 0.1) is 12.8 Å². The first-order chi connectivity index (χ1) is 8.69. The number of nitriles is 1. The molecule has 1 aromatic rings. The molecule has 6 nitrogen and oxygen atoms in total. The molecule has 1 aromatic heterocycles. The first kappa shape index (κ1) is 12.6. The Morgan fingerprint density at radius 2 is 2.28 bits per heavy atom. The van der Waals surface area contributed by atoms with Crippen LogP contribution in [-0.2, 0) is 0 Å². The fourth-order valence-electron chi connectivity index (χ4n) is 1.99. The number of aromatic nitrogens is 2. The fraction of sp³-hybridized carbons (Fsp3) is 0.583. The van der Waals surface area contributed by atoms with E-state index in [1.165, 1.54) is 6.20 Å². The minimum absolute atomic E-state index is 0.192. The van der Waals surface area contributed by atoms with Gasteiger partial charge in [0.1, 0.15) is 11.9 Å². The molecule has 0 aromatic carbocycles. The molecule has 2 N–H and O–H groups in total. The summed E-state index contributed by atoms with van der Waals surface area (Å²) in [7, 11) is 2.12. The second kappa shape index (κ2) is 5.65. The number of piperidine rings is 1. The predicted molar refractivity (Wildman–Crippen MR) is 66.9 cm³/mol. The summed E-state index contributed by atoms with van der Waals surface area (Å²) in [5, 5.41) is 8.90. The highest BCUT2D eigenvalue weighted by atomic mass is 16.5. The Balaban J connectivity index is 1.94. The minimum Gasteiger partial charge on any atom is -0.475 e. The maximum absolute atomic E-state index is 8.90. The maximum atomic E-state index is 8.90. The van der Waals surface area contributed by atoms with Crippen molar-refractivity contribution in [3.63, 3.8) is 0 Å². The average Bonchev–Trinajstić information content (AvgIpc) is 2.38. The minimum atomic E-state index is 0.192. The molecule has 0 spiro atoms. The molecule has 0 aliphatic carbocycles. The van der Waals surface area contributed by atoms with Crippen molar-refractivity contribution in [2.24, 2.45) is 5.92 Å². The van der Waals surface area contributed by atoms with Gasteiger partial charge in [-0.05, 0) is 38.9 Å². The molecule has 1 aliphatic heterocycles. The molecular weight excluding hydrogens is 230 g/mol. The van der Waals surface area contributed by atoms with E-state index in [0.717, 1.165) is 25.9 Å². The van der Waals surface area contributed by atoms with Gasteiger partial charge in [-0.25, -0.2) is 4.98 Å². The largest absolute Gasteiger partial charge is 0.475 e. The van der Waals surface area contributed by atoms with E-state index in [0.29, 0.717) is 12.5 Å². The number of nitrogens with zero attached hydrogens (tertiary/aromatic N) is 4. The summed E-state index contributed by atoms with van der Waals surface area (Å²) in [4.78, 5) is 10.2. The lowest BCUT2D eigenvalue weighted by molar-refractivity contribution is 0.156. The van der Waals surface area contributed by atoms with Gasteiger partial charge < -0.3 is 15.4 Å². The highest BCUT2D eigenvalue weighted by molar-refractivity contribution is 5.37. The quantitative estimate of drug-likeness (QED) is 0.843. The summed E-state index contributed by atoms with van der Waals surface area (Å²) in [5.41, 5.74) is 5.73. The first-order valence-corrected chi connectivity index (χ1v) is 6.03. The van der Waals surface area contributed by atoms with E-state index in [-0.39, 0.29) is 17.4 Å². The van der Waals surface area contributed by atoms with Gasteiger partial charge in [-0.15, -0.1) is 0 Å². The lowest BCUT2D eigenvalue weighted by atomic mass is 9.98. The van der Waals surface area contributed by atoms with Gasteiger partial charge in [0.2, 0.25) is 5.69 Å². The van der Waals surface area contributed by atoms with Crippen molar-refractivity contribution in [2.75, 3.05) is 32.5 Å². The highest BCUT2D eigenvalue weighted by Crippen LogP contribution is 2.19. The van der Waals surface area contributed by atoms with E-state index in [1.54, 1.807) is 0 Å². The highest BCUT2D eigenvalue weighted by Gasteiger charge is 2.18. The molecular formula is C12H17N5O. The molecule has 1 fully saturated rings. The van der Waals surface area contributed by atoms with Crippen molar-refractivity contribution in [1.82, 2.24) is 14.9 Å². The van der Waals surface area contributed by atoms with E-state index < -0.39 is 0 Å². The van der Waals surface area contributed by atoms with Crippen LogP contribution < -0.4 is 10.5 Å². The number of ether oxygens (including phenoxy) is 1. The second-order valence-electron chi connectivity index (χ2n) is 4.62. The van der Waals surface area contributed by atoms with Gasteiger partial charge in [0.15, 0.2) is 0 Å². The Labute approximate surface area is 106 Å². The molecule has 0 saturated carbocycles. The molecule has 0 bridgehead atoms. The molecule has 2 heterocycles. The summed E-state index contributed by atoms with van der Waals surface area (Å²) in [6.45, 7) is 2.74. The Morgan fingerprint density at radius 3 is 2.94 bits per heavy atom. The van der Waals surface area contributed by atoms with Gasteiger partial charge in [-0.2, -0.15) is 10.2 Å². The molecule has 96 valence electrons. The van der Waals surface area contributed by atoms with Crippen LogP contribution in [-0.4, -0.2) is 41.6 Å². The molecule has 1 aliphatic rings. The van der Waals surface area contributed by atoms with Crippen molar-refractivity contribution in [1.29, 1.82) is 5.26 Å². The smallest absolute Gasteiger partial charge is 0.253 e. The van der Waals surface area contributed by atoms with Crippen LogP contribution in [0.25, 0.3) is 0 Å². The molecule has 0 amide bonds. The number of rotatable bonds is 3. The van der Waals surface area contributed by atoms with Gasteiger partial charge in [-0.3, -0.25) is 0 Å². The zero-order valence-electron chi connectivity index (χ0n) is 10.5. The molecule has 0 unspecified atom stereocenters. The fourth-order valence-corrected chi connectivity index (χ4v) is 1.99. The normalized spacial score (nSPS) is 17.3. The number of likely N-dealkylation sites (tertiary alicyclic amines) is 1. The summed E-state index contributed by atoms with van der Waals surface area (Å²) in [6.07, 6.45) is 3.57. The topological polar surface area (TPSA) is 88.1 Å². The monoisotopic (exact) mass is 247 g/mol.